The summed E-state index contributed by atoms with van der Waals surface area (Å²) in [4.78, 5) is 32.0. The van der Waals surface area contributed by atoms with Gasteiger partial charge in [0.2, 0.25) is 5.43 Å². The Bertz CT molecular complexity index is 1150. The Labute approximate surface area is 151 Å². The van der Waals surface area contributed by atoms with Crippen molar-refractivity contribution in [3.05, 3.63) is 32.5 Å². The molecule has 0 spiro atoms. The first kappa shape index (κ1) is 16.0. The van der Waals surface area contributed by atoms with Gasteiger partial charge < -0.3 is 14.8 Å². The minimum atomic E-state index is -0.517. The Morgan fingerprint density at radius 2 is 2.15 bits per heavy atom. The van der Waals surface area contributed by atoms with Crippen molar-refractivity contribution >= 4 is 38.6 Å². The van der Waals surface area contributed by atoms with Crippen LogP contribution in [0, 0.1) is 5.82 Å². The van der Waals surface area contributed by atoms with Gasteiger partial charge in [0.1, 0.15) is 15.9 Å². The van der Waals surface area contributed by atoms with E-state index in [0.29, 0.717) is 23.6 Å². The van der Waals surface area contributed by atoms with Gasteiger partial charge in [-0.2, -0.15) is 0 Å². The van der Waals surface area contributed by atoms with Crippen LogP contribution in [-0.2, 0) is 0 Å². The number of fused-ring (bicyclic) bond motifs is 2. The monoisotopic (exact) mass is 375 g/mol. The third-order valence-electron chi connectivity index (χ3n) is 5.12. The second-order valence-electron chi connectivity index (χ2n) is 7.11. The van der Waals surface area contributed by atoms with Crippen LogP contribution >= 0.6 is 11.5 Å². The molecule has 4 heterocycles. The summed E-state index contributed by atoms with van der Waals surface area (Å²) in [6.07, 6.45) is 1.94. The van der Waals surface area contributed by atoms with E-state index in [2.05, 4.69) is 14.7 Å². The molecule has 9 heteroatoms. The molecule has 1 aliphatic heterocycles. The number of hydrogen-bond acceptors (Lipinski definition) is 6. The van der Waals surface area contributed by atoms with Crippen LogP contribution in [0.3, 0.4) is 0 Å². The van der Waals surface area contributed by atoms with Crippen LogP contribution in [0.5, 0.6) is 0 Å². The molecule has 7 nitrogen and oxygen atoms in total. The van der Waals surface area contributed by atoms with Crippen molar-refractivity contribution < 1.29 is 4.39 Å². The van der Waals surface area contributed by atoms with Gasteiger partial charge in [-0.3, -0.25) is 14.0 Å². The maximum absolute atomic E-state index is 14.8. The van der Waals surface area contributed by atoms with Crippen molar-refractivity contribution in [1.82, 2.24) is 19.2 Å². The molecule has 5 rings (SSSR count). The molecule has 1 aliphatic carbocycles. The standard InChI is InChI=1S/C17H18FN5O2S/c1-8-7-22(5-4-19-8)15-11(18)6-10-13(24)12-16(25)21-26-17(12)23(9-2-3-9)14(10)20-15/h6,8-9,19H,2-5,7H2,1H3,(H,21,25). The summed E-state index contributed by atoms with van der Waals surface area (Å²) in [5.74, 6) is -0.237. The van der Waals surface area contributed by atoms with Gasteiger partial charge in [0.25, 0.3) is 5.56 Å². The molecule has 2 N–H and O–H groups in total. The molecular formula is C17H18FN5O2S. The second-order valence-corrected chi connectivity index (χ2v) is 7.90. The normalized spacial score (nSPS) is 21.0. The minimum absolute atomic E-state index is 0.110. The smallest absolute Gasteiger partial charge is 0.271 e. The summed E-state index contributed by atoms with van der Waals surface area (Å²) >= 11 is 1.15. The zero-order valence-corrected chi connectivity index (χ0v) is 15.0. The van der Waals surface area contributed by atoms with Gasteiger partial charge in [-0.25, -0.2) is 9.37 Å². The molecule has 0 bridgehead atoms. The van der Waals surface area contributed by atoms with Crippen molar-refractivity contribution in [1.29, 1.82) is 0 Å². The Hall–Kier alpha value is -2.26. The summed E-state index contributed by atoms with van der Waals surface area (Å²) < 4.78 is 19.4. The fraction of sp³-hybridized carbons (Fsp3) is 0.471. The van der Waals surface area contributed by atoms with Crippen LogP contribution in [-0.4, -0.2) is 39.6 Å². The molecule has 1 atom stereocenters. The third-order valence-corrected chi connectivity index (χ3v) is 6.00. The number of anilines is 1. The Morgan fingerprint density at radius 1 is 1.35 bits per heavy atom. The molecule has 3 aromatic rings. The highest BCUT2D eigenvalue weighted by molar-refractivity contribution is 7.12. The molecule has 26 heavy (non-hydrogen) atoms. The maximum atomic E-state index is 14.8. The van der Waals surface area contributed by atoms with E-state index >= 15 is 0 Å². The number of hydrogen-bond donors (Lipinski definition) is 2. The number of rotatable bonds is 2. The summed E-state index contributed by atoms with van der Waals surface area (Å²) in [7, 11) is 0. The van der Waals surface area contributed by atoms with Crippen LogP contribution in [0.15, 0.2) is 15.7 Å². The summed E-state index contributed by atoms with van der Waals surface area (Å²) in [6.45, 7) is 4.12. The Balaban J connectivity index is 1.82. The lowest BCUT2D eigenvalue weighted by molar-refractivity contribution is 0.475. The van der Waals surface area contributed by atoms with Gasteiger partial charge in [-0.15, -0.1) is 0 Å². The average Bonchev–Trinajstić information content (AvgIpc) is 3.38. The number of nitrogens with zero attached hydrogens (tertiary/aromatic N) is 3. The molecule has 1 saturated carbocycles. The molecule has 2 aliphatic rings. The molecule has 2 fully saturated rings. The highest BCUT2D eigenvalue weighted by atomic mass is 32.1. The molecule has 1 unspecified atom stereocenters. The van der Waals surface area contributed by atoms with Gasteiger partial charge in [0.05, 0.1) is 5.39 Å². The first-order valence-corrected chi connectivity index (χ1v) is 9.60. The Morgan fingerprint density at radius 3 is 2.88 bits per heavy atom. The van der Waals surface area contributed by atoms with Crippen LogP contribution in [0.1, 0.15) is 25.8 Å². The van der Waals surface area contributed by atoms with E-state index in [1.165, 1.54) is 6.07 Å². The van der Waals surface area contributed by atoms with Crippen LogP contribution in [0.2, 0.25) is 0 Å². The molecule has 1 saturated heterocycles. The fourth-order valence-electron chi connectivity index (χ4n) is 3.73. The quantitative estimate of drug-likeness (QED) is 0.711. The van der Waals surface area contributed by atoms with Gasteiger partial charge in [0.15, 0.2) is 11.6 Å². The highest BCUT2D eigenvalue weighted by Crippen LogP contribution is 2.39. The molecule has 0 aromatic carbocycles. The van der Waals surface area contributed by atoms with Crippen LogP contribution in [0.4, 0.5) is 10.2 Å². The Kier molecular flexibility index (Phi) is 3.45. The molecule has 0 radical (unpaired) electrons. The first-order chi connectivity index (χ1) is 12.5. The molecule has 136 valence electrons. The van der Waals surface area contributed by atoms with E-state index < -0.39 is 16.8 Å². The molecule has 0 amide bonds. The highest BCUT2D eigenvalue weighted by Gasteiger charge is 2.30. The number of H-pyrrole nitrogens is 1. The lowest BCUT2D eigenvalue weighted by Gasteiger charge is -2.33. The SMILES string of the molecule is CC1CN(c2nc3c(cc2F)c(=O)c2c(=O)[nH]sc2n3C2CC2)CCN1. The topological polar surface area (TPSA) is 83.0 Å². The van der Waals surface area contributed by atoms with E-state index in [0.717, 1.165) is 30.9 Å². The second kappa shape index (κ2) is 5.62. The van der Waals surface area contributed by atoms with Crippen molar-refractivity contribution in [3.8, 4) is 0 Å². The summed E-state index contributed by atoms with van der Waals surface area (Å²) in [6, 6.07) is 1.70. The van der Waals surface area contributed by atoms with Crippen LogP contribution < -0.4 is 21.2 Å². The van der Waals surface area contributed by atoms with Crippen molar-refractivity contribution in [2.45, 2.75) is 31.8 Å². The minimum Gasteiger partial charge on any atom is -0.351 e. The number of aromatic amines is 1. The van der Waals surface area contributed by atoms with E-state index in [1.807, 2.05) is 16.4 Å². The number of pyridine rings is 2. The maximum Gasteiger partial charge on any atom is 0.271 e. The molecule has 3 aromatic heterocycles. The van der Waals surface area contributed by atoms with E-state index in [9.17, 15) is 14.0 Å². The number of nitrogens with one attached hydrogen (secondary N) is 2. The van der Waals surface area contributed by atoms with E-state index in [-0.39, 0.29) is 28.7 Å². The lowest BCUT2D eigenvalue weighted by Crippen LogP contribution is -2.49. The van der Waals surface area contributed by atoms with Crippen molar-refractivity contribution in [3.63, 3.8) is 0 Å². The van der Waals surface area contributed by atoms with Gasteiger partial charge in [-0.1, -0.05) is 0 Å². The van der Waals surface area contributed by atoms with Gasteiger partial charge in [-0.05, 0) is 37.4 Å². The predicted molar refractivity (Wildman–Crippen MR) is 99.9 cm³/mol. The lowest BCUT2D eigenvalue weighted by atomic mass is 10.2. The number of aromatic nitrogens is 3. The molecular weight excluding hydrogens is 357 g/mol. The van der Waals surface area contributed by atoms with Gasteiger partial charge in [0, 0.05) is 31.7 Å². The average molecular weight is 375 g/mol. The van der Waals surface area contributed by atoms with Gasteiger partial charge >= 0.3 is 0 Å². The summed E-state index contributed by atoms with van der Waals surface area (Å²) in [5.41, 5.74) is -0.379. The third kappa shape index (κ3) is 2.30. The van der Waals surface area contributed by atoms with E-state index in [4.69, 9.17) is 0 Å². The van der Waals surface area contributed by atoms with Crippen molar-refractivity contribution in [2.24, 2.45) is 0 Å². The fourth-order valence-corrected chi connectivity index (χ4v) is 4.65. The van der Waals surface area contributed by atoms with E-state index in [1.54, 1.807) is 0 Å². The first-order valence-electron chi connectivity index (χ1n) is 8.79. The largest absolute Gasteiger partial charge is 0.351 e. The zero-order chi connectivity index (χ0) is 18.0. The summed E-state index contributed by atoms with van der Waals surface area (Å²) in [5, 5.41) is 3.62. The zero-order valence-electron chi connectivity index (χ0n) is 14.2. The predicted octanol–water partition coefficient (Wildman–Crippen LogP) is 1.57. The number of piperazine rings is 1. The van der Waals surface area contributed by atoms with Crippen LogP contribution in [0.25, 0.3) is 21.3 Å². The van der Waals surface area contributed by atoms with Crippen molar-refractivity contribution in [2.75, 3.05) is 24.5 Å². The number of halogens is 1.